The van der Waals surface area contributed by atoms with Crippen LogP contribution in [-0.4, -0.2) is 53.9 Å². The molecule has 1 saturated heterocycles. The number of anilines is 1. The van der Waals surface area contributed by atoms with E-state index in [2.05, 4.69) is 42.3 Å². The number of nitrogens with zero attached hydrogens (tertiary/aromatic N) is 3. The number of carbonyl (C=O) groups is 2. The molecular formula is C20H26N4O2S. The zero-order valence-electron chi connectivity index (χ0n) is 16.3. The van der Waals surface area contributed by atoms with E-state index in [9.17, 15) is 9.59 Å². The van der Waals surface area contributed by atoms with Crippen molar-refractivity contribution in [2.45, 2.75) is 26.7 Å². The quantitative estimate of drug-likeness (QED) is 0.873. The van der Waals surface area contributed by atoms with Crippen LogP contribution in [0, 0.1) is 19.8 Å². The lowest BCUT2D eigenvalue weighted by Gasteiger charge is -2.33. The van der Waals surface area contributed by atoms with Gasteiger partial charge in [-0.3, -0.25) is 4.79 Å². The van der Waals surface area contributed by atoms with Gasteiger partial charge in [-0.1, -0.05) is 23.8 Å². The topological polar surface area (TPSA) is 65.5 Å². The van der Waals surface area contributed by atoms with Gasteiger partial charge >= 0.3 is 6.03 Å². The first-order chi connectivity index (χ1) is 12.8. The van der Waals surface area contributed by atoms with E-state index in [1.54, 1.807) is 23.9 Å². The Bertz CT molecular complexity index is 846. The molecule has 0 bridgehead atoms. The van der Waals surface area contributed by atoms with Gasteiger partial charge < -0.3 is 15.1 Å². The average Bonchev–Trinajstić information content (AvgIpc) is 3.09. The molecule has 7 heteroatoms. The molecule has 6 nitrogen and oxygen atoms in total. The molecule has 1 aliphatic rings. The number of piperidine rings is 1. The van der Waals surface area contributed by atoms with Gasteiger partial charge in [0, 0.05) is 38.1 Å². The number of hydrogen-bond acceptors (Lipinski definition) is 4. The van der Waals surface area contributed by atoms with Gasteiger partial charge in [0.15, 0.2) is 5.13 Å². The summed E-state index contributed by atoms with van der Waals surface area (Å²) in [5.41, 5.74) is 4.34. The number of aryl methyl sites for hydroxylation is 2. The summed E-state index contributed by atoms with van der Waals surface area (Å²) in [6.07, 6.45) is 1.63. The summed E-state index contributed by atoms with van der Waals surface area (Å²) in [4.78, 5) is 32.7. The highest BCUT2D eigenvalue weighted by Gasteiger charge is 2.29. The van der Waals surface area contributed by atoms with Crippen molar-refractivity contribution in [3.05, 3.63) is 34.7 Å². The Hall–Kier alpha value is -2.41. The van der Waals surface area contributed by atoms with E-state index in [0.717, 1.165) is 24.1 Å². The molecular weight excluding hydrogens is 360 g/mol. The minimum atomic E-state index is -0.198. The van der Waals surface area contributed by atoms with Crippen LogP contribution in [0.15, 0.2) is 23.6 Å². The number of nitrogens with one attached hydrogen (secondary N) is 1. The number of aromatic nitrogens is 1. The van der Waals surface area contributed by atoms with Crippen LogP contribution in [0.5, 0.6) is 0 Å². The Kier molecular flexibility index (Phi) is 5.79. The van der Waals surface area contributed by atoms with Crippen molar-refractivity contribution in [3.8, 4) is 11.3 Å². The Morgan fingerprint density at radius 2 is 2.07 bits per heavy atom. The molecule has 1 aliphatic heterocycles. The number of amides is 3. The van der Waals surface area contributed by atoms with Crippen LogP contribution in [-0.2, 0) is 4.79 Å². The standard InChI is InChI=1S/C20H26N4O2S/c1-13-7-8-16(14(2)10-13)17-12-27-19(21-17)22-18(25)15-6-5-9-24(11-15)20(26)23(3)4/h7-8,10,12,15H,5-6,9,11H2,1-4H3,(H,21,22,25). The summed E-state index contributed by atoms with van der Waals surface area (Å²) in [5.74, 6) is -0.260. The zero-order valence-corrected chi connectivity index (χ0v) is 17.1. The van der Waals surface area contributed by atoms with Gasteiger partial charge in [0.05, 0.1) is 11.6 Å². The lowest BCUT2D eigenvalue weighted by atomic mass is 9.97. The number of likely N-dealkylation sites (tertiary alicyclic amines) is 1. The third kappa shape index (κ3) is 4.47. The van der Waals surface area contributed by atoms with Crippen LogP contribution in [0.1, 0.15) is 24.0 Å². The van der Waals surface area contributed by atoms with E-state index in [4.69, 9.17) is 0 Å². The highest BCUT2D eigenvalue weighted by Crippen LogP contribution is 2.28. The van der Waals surface area contributed by atoms with Crippen LogP contribution in [0.4, 0.5) is 9.93 Å². The first-order valence-electron chi connectivity index (χ1n) is 9.15. The van der Waals surface area contributed by atoms with Crippen molar-refractivity contribution < 1.29 is 9.59 Å². The fraction of sp³-hybridized carbons (Fsp3) is 0.450. The summed E-state index contributed by atoms with van der Waals surface area (Å²) in [6, 6.07) is 6.22. The summed E-state index contributed by atoms with van der Waals surface area (Å²) in [7, 11) is 3.46. The normalized spacial score (nSPS) is 16.9. The molecule has 1 unspecified atom stereocenters. The fourth-order valence-electron chi connectivity index (χ4n) is 3.41. The Morgan fingerprint density at radius 3 is 2.78 bits per heavy atom. The van der Waals surface area contributed by atoms with Crippen molar-refractivity contribution in [1.29, 1.82) is 0 Å². The molecule has 2 heterocycles. The minimum absolute atomic E-state index is 0.0427. The minimum Gasteiger partial charge on any atom is -0.331 e. The molecule has 1 atom stereocenters. The van der Waals surface area contributed by atoms with Gasteiger partial charge in [-0.25, -0.2) is 9.78 Å². The second-order valence-corrected chi connectivity index (χ2v) is 8.17. The predicted molar refractivity (Wildman–Crippen MR) is 109 cm³/mol. The van der Waals surface area contributed by atoms with Crippen molar-refractivity contribution in [3.63, 3.8) is 0 Å². The monoisotopic (exact) mass is 386 g/mol. The second-order valence-electron chi connectivity index (χ2n) is 7.31. The van der Waals surface area contributed by atoms with Gasteiger partial charge in [0.25, 0.3) is 0 Å². The SMILES string of the molecule is Cc1ccc(-c2csc(NC(=O)C3CCCN(C(=O)N(C)C)C3)n2)c(C)c1. The highest BCUT2D eigenvalue weighted by atomic mass is 32.1. The molecule has 1 aromatic carbocycles. The zero-order chi connectivity index (χ0) is 19.6. The summed E-state index contributed by atoms with van der Waals surface area (Å²) < 4.78 is 0. The van der Waals surface area contributed by atoms with Gasteiger partial charge in [-0.05, 0) is 32.3 Å². The second kappa shape index (κ2) is 8.08. The Balaban J connectivity index is 1.66. The Morgan fingerprint density at radius 1 is 1.30 bits per heavy atom. The number of carbonyl (C=O) groups excluding carboxylic acids is 2. The van der Waals surface area contributed by atoms with E-state index in [0.29, 0.717) is 18.2 Å². The van der Waals surface area contributed by atoms with Crippen molar-refractivity contribution in [2.75, 3.05) is 32.5 Å². The predicted octanol–water partition coefficient (Wildman–Crippen LogP) is 3.76. The molecule has 144 valence electrons. The molecule has 1 fully saturated rings. The van der Waals surface area contributed by atoms with Gasteiger partial charge in [0.2, 0.25) is 5.91 Å². The largest absolute Gasteiger partial charge is 0.331 e. The molecule has 2 aromatic rings. The van der Waals surface area contributed by atoms with E-state index in [1.807, 2.05) is 5.38 Å². The molecule has 0 radical (unpaired) electrons. The molecule has 27 heavy (non-hydrogen) atoms. The molecule has 0 aliphatic carbocycles. The fourth-order valence-corrected chi connectivity index (χ4v) is 4.12. The summed E-state index contributed by atoms with van der Waals surface area (Å²) >= 11 is 1.43. The van der Waals surface area contributed by atoms with Crippen LogP contribution >= 0.6 is 11.3 Å². The van der Waals surface area contributed by atoms with Crippen molar-refractivity contribution >= 4 is 28.4 Å². The number of rotatable bonds is 3. The lowest BCUT2D eigenvalue weighted by Crippen LogP contribution is -2.47. The third-order valence-corrected chi connectivity index (χ3v) is 5.60. The molecule has 3 rings (SSSR count). The van der Waals surface area contributed by atoms with Crippen LogP contribution in [0.25, 0.3) is 11.3 Å². The van der Waals surface area contributed by atoms with Crippen molar-refractivity contribution in [2.24, 2.45) is 5.92 Å². The summed E-state index contributed by atoms with van der Waals surface area (Å²) in [6.45, 7) is 5.29. The smallest absolute Gasteiger partial charge is 0.319 e. The maximum Gasteiger partial charge on any atom is 0.319 e. The number of urea groups is 1. The van der Waals surface area contributed by atoms with Crippen LogP contribution in [0.3, 0.4) is 0 Å². The van der Waals surface area contributed by atoms with Crippen LogP contribution < -0.4 is 5.32 Å². The van der Waals surface area contributed by atoms with E-state index in [1.165, 1.54) is 22.5 Å². The first-order valence-corrected chi connectivity index (χ1v) is 10.0. The maximum absolute atomic E-state index is 12.7. The van der Waals surface area contributed by atoms with E-state index < -0.39 is 0 Å². The third-order valence-electron chi connectivity index (χ3n) is 4.84. The van der Waals surface area contributed by atoms with Gasteiger partial charge in [0.1, 0.15) is 0 Å². The highest BCUT2D eigenvalue weighted by molar-refractivity contribution is 7.14. The van der Waals surface area contributed by atoms with Gasteiger partial charge in [-0.2, -0.15) is 0 Å². The number of thiazole rings is 1. The Labute approximate surface area is 164 Å². The van der Waals surface area contributed by atoms with Crippen molar-refractivity contribution in [1.82, 2.24) is 14.8 Å². The molecule has 1 N–H and O–H groups in total. The number of hydrogen-bond donors (Lipinski definition) is 1. The van der Waals surface area contributed by atoms with Crippen LogP contribution in [0.2, 0.25) is 0 Å². The molecule has 0 spiro atoms. The molecule has 1 aromatic heterocycles. The van der Waals surface area contributed by atoms with Gasteiger partial charge in [-0.15, -0.1) is 11.3 Å². The molecule has 0 saturated carbocycles. The summed E-state index contributed by atoms with van der Waals surface area (Å²) in [5, 5.41) is 5.51. The maximum atomic E-state index is 12.7. The van der Waals surface area contributed by atoms with E-state index in [-0.39, 0.29) is 17.9 Å². The first kappa shape index (κ1) is 19.4. The lowest BCUT2D eigenvalue weighted by molar-refractivity contribution is -0.121. The molecule has 3 amide bonds. The van der Waals surface area contributed by atoms with E-state index >= 15 is 0 Å². The average molecular weight is 387 g/mol. The number of benzene rings is 1.